The fourth-order valence-corrected chi connectivity index (χ4v) is 6.28. The first-order chi connectivity index (χ1) is 21.7. The van der Waals surface area contributed by atoms with Gasteiger partial charge in [-0.1, -0.05) is 12.8 Å². The van der Waals surface area contributed by atoms with Gasteiger partial charge in [-0.3, -0.25) is 9.36 Å². The van der Waals surface area contributed by atoms with Crippen molar-refractivity contribution < 1.29 is 0 Å². The first-order valence-electron chi connectivity index (χ1n) is 15.1. The van der Waals surface area contributed by atoms with Crippen LogP contribution in [-0.2, 0) is 0 Å². The lowest BCUT2D eigenvalue weighted by atomic mass is 9.79. The summed E-state index contributed by atoms with van der Waals surface area (Å²) in [7, 11) is 0. The number of nitrogens with zero attached hydrogens (tertiary/aromatic N) is 10. The predicted octanol–water partition coefficient (Wildman–Crippen LogP) is 6.15. The third-order valence-corrected chi connectivity index (χ3v) is 9.13. The molecule has 12 heteroatoms. The maximum atomic E-state index is 9.09. The van der Waals surface area contributed by atoms with Crippen molar-refractivity contribution in [1.82, 2.24) is 49.5 Å². The second-order valence-electron chi connectivity index (χ2n) is 11.6. The lowest BCUT2D eigenvalue weighted by Gasteiger charge is -2.32. The van der Waals surface area contributed by atoms with Gasteiger partial charge in [0, 0.05) is 46.7 Å². The Morgan fingerprint density at radius 2 is 1.16 bits per heavy atom. The number of nitrogens with one attached hydrogen (secondary N) is 2. The van der Waals surface area contributed by atoms with Crippen molar-refractivity contribution >= 4 is 22.1 Å². The van der Waals surface area contributed by atoms with Crippen molar-refractivity contribution in [2.75, 3.05) is 0 Å². The number of aromatic nitrogens is 10. The highest BCUT2D eigenvalue weighted by atomic mass is 15.3. The van der Waals surface area contributed by atoms with Crippen molar-refractivity contribution in [1.29, 1.82) is 10.5 Å². The summed E-state index contributed by atoms with van der Waals surface area (Å²) < 4.78 is 3.89. The van der Waals surface area contributed by atoms with E-state index >= 15 is 0 Å². The Bertz CT molecular complexity index is 1810. The number of hydrogen-bond acceptors (Lipinski definition) is 8. The third-order valence-electron chi connectivity index (χ3n) is 9.13. The molecule has 0 spiro atoms. The maximum absolute atomic E-state index is 9.09. The molecule has 2 fully saturated rings. The van der Waals surface area contributed by atoms with Crippen molar-refractivity contribution in [3.63, 3.8) is 0 Å². The van der Waals surface area contributed by atoms with Crippen molar-refractivity contribution in [3.8, 4) is 34.7 Å². The monoisotopic (exact) mass is 584 g/mol. The van der Waals surface area contributed by atoms with Crippen LogP contribution in [0.5, 0.6) is 0 Å². The first-order valence-corrected chi connectivity index (χ1v) is 15.1. The van der Waals surface area contributed by atoms with Gasteiger partial charge in [0.2, 0.25) is 0 Å². The standard InChI is InChI=1S/2C16H16N6/c2*17-6-4-14(11-2-1-3-11)22-9-12(8-21-22)15-13-5-7-18-16(13)20-10-19-15/h2*5,7-11,14H,1-4H2,(H,18,19,20)/t2*14-/m10/s1. The van der Waals surface area contributed by atoms with E-state index in [9.17, 15) is 0 Å². The minimum atomic E-state index is 0.177. The highest BCUT2D eigenvalue weighted by Crippen LogP contribution is 2.39. The third kappa shape index (κ3) is 5.20. The van der Waals surface area contributed by atoms with Gasteiger partial charge >= 0.3 is 0 Å². The Hall–Kier alpha value is -5.36. The zero-order valence-corrected chi connectivity index (χ0v) is 24.2. The molecule has 2 N–H and O–H groups in total. The molecule has 220 valence electrons. The summed E-state index contributed by atoms with van der Waals surface area (Å²) in [4.78, 5) is 23.4. The molecular formula is C32H32N12. The van der Waals surface area contributed by atoms with Gasteiger partial charge in [0.1, 0.15) is 23.9 Å². The van der Waals surface area contributed by atoms with Crippen LogP contribution in [0.3, 0.4) is 0 Å². The lowest BCUT2D eigenvalue weighted by molar-refractivity contribution is 0.199. The smallest absolute Gasteiger partial charge is 0.141 e. The molecule has 0 aromatic carbocycles. The Balaban J connectivity index is 0.000000142. The molecule has 12 nitrogen and oxygen atoms in total. The molecule has 2 atom stereocenters. The maximum Gasteiger partial charge on any atom is 0.141 e. The molecule has 44 heavy (non-hydrogen) atoms. The molecule has 0 radical (unpaired) electrons. The highest BCUT2D eigenvalue weighted by Gasteiger charge is 2.30. The average molecular weight is 585 g/mol. The summed E-state index contributed by atoms with van der Waals surface area (Å²) in [5.41, 5.74) is 5.34. The van der Waals surface area contributed by atoms with Crippen LogP contribution < -0.4 is 0 Å². The van der Waals surface area contributed by atoms with Gasteiger partial charge in [-0.25, -0.2) is 19.9 Å². The summed E-state index contributed by atoms with van der Waals surface area (Å²) in [6.45, 7) is 0. The second-order valence-corrected chi connectivity index (χ2v) is 11.6. The van der Waals surface area contributed by atoms with Crippen LogP contribution in [0.15, 0.2) is 62.0 Å². The van der Waals surface area contributed by atoms with Crippen LogP contribution in [0, 0.1) is 34.5 Å². The van der Waals surface area contributed by atoms with E-state index < -0.39 is 0 Å². The van der Waals surface area contributed by atoms with Gasteiger partial charge < -0.3 is 9.97 Å². The van der Waals surface area contributed by atoms with Crippen molar-refractivity contribution in [2.24, 2.45) is 11.8 Å². The summed E-state index contributed by atoms with van der Waals surface area (Å²) in [6, 6.07) is 8.90. The summed E-state index contributed by atoms with van der Waals surface area (Å²) in [5, 5.41) is 29.2. The minimum Gasteiger partial charge on any atom is -0.346 e. The van der Waals surface area contributed by atoms with E-state index in [1.165, 1.54) is 38.5 Å². The van der Waals surface area contributed by atoms with E-state index in [-0.39, 0.29) is 12.1 Å². The Morgan fingerprint density at radius 1 is 0.705 bits per heavy atom. The average Bonchev–Trinajstić information content (AvgIpc) is 3.81. The van der Waals surface area contributed by atoms with Gasteiger partial charge in [0.15, 0.2) is 0 Å². The van der Waals surface area contributed by atoms with E-state index in [0.29, 0.717) is 24.7 Å². The molecule has 2 aliphatic carbocycles. The number of rotatable bonds is 8. The minimum absolute atomic E-state index is 0.177. The predicted molar refractivity (Wildman–Crippen MR) is 163 cm³/mol. The van der Waals surface area contributed by atoms with E-state index in [2.05, 4.69) is 52.2 Å². The SMILES string of the molecule is N#CC[C@@H](C1CCC1)n1cc(-c2ncnc3[nH]ccc23)cn1.N#CC[C@H](C1CCC1)n1cc(-c2ncnc3[nH]ccc23)cn1. The first kappa shape index (κ1) is 27.5. The largest absolute Gasteiger partial charge is 0.346 e. The van der Waals surface area contributed by atoms with E-state index in [1.807, 2.05) is 58.7 Å². The molecule has 0 aliphatic heterocycles. The van der Waals surface area contributed by atoms with Gasteiger partial charge in [-0.05, 0) is 49.7 Å². The molecular weight excluding hydrogens is 552 g/mol. The quantitative estimate of drug-likeness (QED) is 0.215. The lowest BCUT2D eigenvalue weighted by Crippen LogP contribution is -2.25. The molecule has 0 saturated heterocycles. The van der Waals surface area contributed by atoms with Gasteiger partial charge in [-0.15, -0.1) is 0 Å². The van der Waals surface area contributed by atoms with E-state index in [0.717, 1.165) is 44.6 Å². The molecule has 0 bridgehead atoms. The molecule has 6 aromatic rings. The topological polar surface area (TPSA) is 166 Å². The number of fused-ring (bicyclic) bond motifs is 2. The van der Waals surface area contributed by atoms with E-state index in [4.69, 9.17) is 10.5 Å². The van der Waals surface area contributed by atoms with Crippen molar-refractivity contribution in [3.05, 3.63) is 62.0 Å². The molecule has 0 amide bonds. The van der Waals surface area contributed by atoms with Gasteiger partial charge in [0.25, 0.3) is 0 Å². The molecule has 0 unspecified atom stereocenters. The molecule has 2 aliphatic rings. The Morgan fingerprint density at radius 3 is 1.55 bits per heavy atom. The Labute approximate surface area is 253 Å². The fourth-order valence-electron chi connectivity index (χ4n) is 6.28. The fraction of sp³-hybridized carbons (Fsp3) is 0.375. The number of H-pyrrole nitrogens is 2. The zero-order chi connectivity index (χ0) is 29.9. The Kier molecular flexibility index (Phi) is 7.55. The molecule has 8 rings (SSSR count). The molecule has 6 aromatic heterocycles. The van der Waals surface area contributed by atoms with Gasteiger partial charge in [-0.2, -0.15) is 20.7 Å². The van der Waals surface area contributed by atoms with Crippen LogP contribution in [-0.4, -0.2) is 49.5 Å². The second kappa shape index (κ2) is 12.1. The highest BCUT2D eigenvalue weighted by molar-refractivity contribution is 5.90. The van der Waals surface area contributed by atoms with Gasteiger partial charge in [0.05, 0.1) is 60.8 Å². The molecule has 6 heterocycles. The number of nitriles is 2. The van der Waals surface area contributed by atoms with Crippen LogP contribution in [0.4, 0.5) is 0 Å². The normalized spacial score (nSPS) is 16.3. The van der Waals surface area contributed by atoms with E-state index in [1.54, 1.807) is 12.7 Å². The summed E-state index contributed by atoms with van der Waals surface area (Å²) in [5.74, 6) is 1.15. The van der Waals surface area contributed by atoms with Crippen LogP contribution in [0.1, 0.15) is 63.5 Å². The summed E-state index contributed by atoms with van der Waals surface area (Å²) >= 11 is 0. The van der Waals surface area contributed by atoms with Crippen LogP contribution in [0.25, 0.3) is 44.6 Å². The molecule has 2 saturated carbocycles. The van der Waals surface area contributed by atoms with Crippen molar-refractivity contribution in [2.45, 2.75) is 63.5 Å². The number of aromatic amines is 2. The van der Waals surface area contributed by atoms with Crippen LogP contribution in [0.2, 0.25) is 0 Å². The number of hydrogen-bond donors (Lipinski definition) is 2. The zero-order valence-electron chi connectivity index (χ0n) is 24.2. The van der Waals surface area contributed by atoms with Crippen LogP contribution >= 0.6 is 0 Å². The summed E-state index contributed by atoms with van der Waals surface area (Å²) in [6.07, 6.45) is 22.8.